The number of rotatable bonds is 2. The molecule has 16 heavy (non-hydrogen) atoms. The van der Waals surface area contributed by atoms with Crippen molar-refractivity contribution in [3.8, 4) is 0 Å². The second kappa shape index (κ2) is 6.50. The van der Waals surface area contributed by atoms with Crippen molar-refractivity contribution in [3.05, 3.63) is 40.9 Å². The molecule has 0 aliphatic carbocycles. The molecule has 0 spiro atoms. The second-order valence-corrected chi connectivity index (χ2v) is 4.42. The Morgan fingerprint density at radius 3 is 2.81 bits per heavy atom. The van der Waals surface area contributed by atoms with Gasteiger partial charge in [-0.25, -0.2) is 0 Å². The molecule has 0 saturated carbocycles. The van der Waals surface area contributed by atoms with E-state index in [9.17, 15) is 0 Å². The molecule has 0 bridgehead atoms. The maximum Gasteiger partial charge on any atom is 0.0494 e. The van der Waals surface area contributed by atoms with Gasteiger partial charge in [0.1, 0.15) is 0 Å². The summed E-state index contributed by atoms with van der Waals surface area (Å²) >= 11 is 3.46. The van der Waals surface area contributed by atoms with E-state index in [0.717, 1.165) is 17.6 Å². The number of halogens is 3. The van der Waals surface area contributed by atoms with Gasteiger partial charge in [0.05, 0.1) is 0 Å². The summed E-state index contributed by atoms with van der Waals surface area (Å²) in [4.78, 5) is 2.25. The number of nitrogens with zero attached hydrogens (tertiary/aromatic N) is 1. The lowest BCUT2D eigenvalue weighted by molar-refractivity contribution is 0.745. The van der Waals surface area contributed by atoms with Crippen molar-refractivity contribution >= 4 is 46.4 Å². The highest BCUT2D eigenvalue weighted by atomic mass is 79.9. The van der Waals surface area contributed by atoms with E-state index in [0.29, 0.717) is 0 Å². The zero-order valence-corrected chi connectivity index (χ0v) is 11.9. The molecule has 2 rings (SSSR count). The topological polar surface area (TPSA) is 29.3 Å². The van der Waals surface area contributed by atoms with Crippen molar-refractivity contribution in [1.82, 2.24) is 0 Å². The van der Waals surface area contributed by atoms with Gasteiger partial charge in [-0.05, 0) is 23.8 Å². The van der Waals surface area contributed by atoms with Crippen LogP contribution in [0.4, 0.5) is 5.69 Å². The molecule has 0 amide bonds. The predicted molar refractivity (Wildman–Crippen MR) is 78.0 cm³/mol. The van der Waals surface area contributed by atoms with E-state index >= 15 is 0 Å². The summed E-state index contributed by atoms with van der Waals surface area (Å²) in [5, 5.41) is 0. The first-order valence-electron chi connectivity index (χ1n) is 4.63. The fourth-order valence-corrected chi connectivity index (χ4v) is 2.25. The van der Waals surface area contributed by atoms with Crippen LogP contribution in [0.5, 0.6) is 0 Å². The average Bonchev–Trinajstić information content (AvgIpc) is 2.44. The van der Waals surface area contributed by atoms with Crippen molar-refractivity contribution in [2.24, 2.45) is 5.73 Å². The Labute approximate surface area is 117 Å². The number of hydrogen-bond acceptors (Lipinski definition) is 2. The van der Waals surface area contributed by atoms with Crippen LogP contribution in [0.25, 0.3) is 0 Å². The summed E-state index contributed by atoms with van der Waals surface area (Å²) in [6.07, 6.45) is 1.91. The Morgan fingerprint density at radius 2 is 2.19 bits per heavy atom. The zero-order chi connectivity index (χ0) is 10.1. The first-order valence-corrected chi connectivity index (χ1v) is 5.42. The lowest BCUT2D eigenvalue weighted by Crippen LogP contribution is -2.24. The molecule has 1 aromatic carbocycles. The molecule has 0 aromatic heterocycles. The first kappa shape index (κ1) is 15.8. The SMILES string of the molecule is C=CCN1CC(N)c2cc(Br)ccc21.Cl.Cl. The summed E-state index contributed by atoms with van der Waals surface area (Å²) in [5.41, 5.74) is 8.50. The largest absolute Gasteiger partial charge is 0.366 e. The molecule has 0 fully saturated rings. The monoisotopic (exact) mass is 324 g/mol. The van der Waals surface area contributed by atoms with Gasteiger partial charge in [-0.3, -0.25) is 0 Å². The molecule has 0 radical (unpaired) electrons. The Hall–Kier alpha value is -0.220. The van der Waals surface area contributed by atoms with Gasteiger partial charge in [-0.15, -0.1) is 31.4 Å². The van der Waals surface area contributed by atoms with Crippen LogP contribution in [0, 0.1) is 0 Å². The minimum Gasteiger partial charge on any atom is -0.366 e. The van der Waals surface area contributed by atoms with Crippen molar-refractivity contribution in [2.45, 2.75) is 6.04 Å². The smallest absolute Gasteiger partial charge is 0.0494 e. The summed E-state index contributed by atoms with van der Waals surface area (Å²) in [6.45, 7) is 5.50. The van der Waals surface area contributed by atoms with Crippen LogP contribution in [-0.2, 0) is 0 Å². The zero-order valence-electron chi connectivity index (χ0n) is 8.73. The molecular weight excluding hydrogens is 311 g/mol. The van der Waals surface area contributed by atoms with Gasteiger partial charge >= 0.3 is 0 Å². The molecular formula is C11H15BrCl2N2. The van der Waals surface area contributed by atoms with Crippen LogP contribution in [0.1, 0.15) is 11.6 Å². The van der Waals surface area contributed by atoms with E-state index in [2.05, 4.69) is 39.5 Å². The molecule has 1 aromatic rings. The minimum atomic E-state index is 0. The van der Waals surface area contributed by atoms with E-state index in [1.807, 2.05) is 12.1 Å². The number of nitrogens with two attached hydrogens (primary N) is 1. The van der Waals surface area contributed by atoms with Gasteiger partial charge in [-0.2, -0.15) is 0 Å². The Bertz CT molecular complexity index is 371. The van der Waals surface area contributed by atoms with Gasteiger partial charge < -0.3 is 10.6 Å². The van der Waals surface area contributed by atoms with Gasteiger partial charge in [0, 0.05) is 29.3 Å². The van der Waals surface area contributed by atoms with Crippen molar-refractivity contribution in [1.29, 1.82) is 0 Å². The van der Waals surface area contributed by atoms with Crippen molar-refractivity contribution in [3.63, 3.8) is 0 Å². The first-order chi connectivity index (χ1) is 6.72. The maximum absolute atomic E-state index is 6.04. The molecule has 2 nitrogen and oxygen atoms in total. The molecule has 0 saturated heterocycles. The van der Waals surface area contributed by atoms with E-state index in [1.54, 1.807) is 0 Å². The predicted octanol–water partition coefficient (Wildman–Crippen LogP) is 3.30. The van der Waals surface area contributed by atoms with Crippen LogP contribution in [0.3, 0.4) is 0 Å². The van der Waals surface area contributed by atoms with E-state index < -0.39 is 0 Å². The van der Waals surface area contributed by atoms with E-state index in [1.165, 1.54) is 11.3 Å². The van der Waals surface area contributed by atoms with Crippen LogP contribution < -0.4 is 10.6 Å². The summed E-state index contributed by atoms with van der Waals surface area (Å²) in [6, 6.07) is 6.38. The Morgan fingerprint density at radius 1 is 1.50 bits per heavy atom. The lowest BCUT2D eigenvalue weighted by atomic mass is 10.1. The highest BCUT2D eigenvalue weighted by Crippen LogP contribution is 2.34. The van der Waals surface area contributed by atoms with Gasteiger partial charge in [-0.1, -0.05) is 22.0 Å². The Kier molecular flexibility index (Phi) is 6.41. The third kappa shape index (κ3) is 2.92. The Balaban J connectivity index is 0.00000112. The molecule has 90 valence electrons. The highest BCUT2D eigenvalue weighted by Gasteiger charge is 2.24. The van der Waals surface area contributed by atoms with Crippen LogP contribution >= 0.6 is 40.7 Å². The third-order valence-electron chi connectivity index (χ3n) is 2.50. The minimum absolute atomic E-state index is 0. The third-order valence-corrected chi connectivity index (χ3v) is 2.99. The van der Waals surface area contributed by atoms with Crippen molar-refractivity contribution in [2.75, 3.05) is 18.0 Å². The fraction of sp³-hybridized carbons (Fsp3) is 0.273. The average molecular weight is 326 g/mol. The van der Waals surface area contributed by atoms with Crippen molar-refractivity contribution < 1.29 is 0 Å². The quantitative estimate of drug-likeness (QED) is 0.845. The molecule has 5 heteroatoms. The van der Waals surface area contributed by atoms with Gasteiger partial charge in [0.2, 0.25) is 0 Å². The number of anilines is 1. The standard InChI is InChI=1S/C11H13BrN2.2ClH/c1-2-5-14-7-10(13)9-6-8(12)3-4-11(9)14;;/h2-4,6,10H,1,5,7,13H2;2*1H. The number of hydrogen-bond donors (Lipinski definition) is 1. The number of fused-ring (bicyclic) bond motifs is 1. The highest BCUT2D eigenvalue weighted by molar-refractivity contribution is 9.10. The van der Waals surface area contributed by atoms with Gasteiger partial charge in [0.15, 0.2) is 0 Å². The normalized spacial score (nSPS) is 17.1. The van der Waals surface area contributed by atoms with E-state index in [-0.39, 0.29) is 30.9 Å². The summed E-state index contributed by atoms with van der Waals surface area (Å²) < 4.78 is 1.09. The van der Waals surface area contributed by atoms with Gasteiger partial charge in [0.25, 0.3) is 0 Å². The lowest BCUT2D eigenvalue weighted by Gasteiger charge is -2.16. The molecule has 1 atom stereocenters. The molecule has 1 heterocycles. The van der Waals surface area contributed by atoms with Crippen LogP contribution in [-0.4, -0.2) is 13.1 Å². The summed E-state index contributed by atoms with van der Waals surface area (Å²) in [5.74, 6) is 0. The number of benzene rings is 1. The molecule has 1 aliphatic heterocycles. The maximum atomic E-state index is 6.04. The fourth-order valence-electron chi connectivity index (χ4n) is 1.87. The van der Waals surface area contributed by atoms with E-state index in [4.69, 9.17) is 5.73 Å². The van der Waals surface area contributed by atoms with Crippen LogP contribution in [0.2, 0.25) is 0 Å². The molecule has 1 aliphatic rings. The molecule has 1 unspecified atom stereocenters. The molecule has 2 N–H and O–H groups in total. The van der Waals surface area contributed by atoms with Crippen LogP contribution in [0.15, 0.2) is 35.3 Å². The second-order valence-electron chi connectivity index (χ2n) is 3.50. The summed E-state index contributed by atoms with van der Waals surface area (Å²) in [7, 11) is 0.